The van der Waals surface area contributed by atoms with Gasteiger partial charge in [-0.25, -0.2) is 0 Å². The number of hydrogen-bond donors (Lipinski definition) is 1. The van der Waals surface area contributed by atoms with Crippen molar-refractivity contribution in [3.05, 3.63) is 59.9 Å². The van der Waals surface area contributed by atoms with Gasteiger partial charge in [-0.3, -0.25) is 4.79 Å². The predicted octanol–water partition coefficient (Wildman–Crippen LogP) is 4.47. The molecule has 2 aromatic carbocycles. The zero-order valence-electron chi connectivity index (χ0n) is 14.1. The number of rotatable bonds is 6. The van der Waals surface area contributed by atoms with E-state index in [0.717, 1.165) is 18.7 Å². The molecule has 4 rings (SSSR count). The normalized spacial score (nSPS) is 13.3. The second-order valence-corrected chi connectivity index (χ2v) is 6.69. The van der Waals surface area contributed by atoms with E-state index in [4.69, 9.17) is 9.47 Å². The van der Waals surface area contributed by atoms with Gasteiger partial charge in [-0.05, 0) is 49.2 Å². The molecule has 3 aromatic rings. The second-order valence-electron chi connectivity index (χ2n) is 5.97. The molecule has 0 atom stereocenters. The number of aromatic nitrogens is 2. The Labute approximate surface area is 155 Å². The molecule has 1 N–H and O–H groups in total. The van der Waals surface area contributed by atoms with Crippen LogP contribution in [0.5, 0.6) is 16.7 Å². The van der Waals surface area contributed by atoms with Crippen molar-refractivity contribution in [3.8, 4) is 16.7 Å². The van der Waals surface area contributed by atoms with E-state index < -0.39 is 0 Å². The Morgan fingerprint density at radius 1 is 1.15 bits per heavy atom. The van der Waals surface area contributed by atoms with Gasteiger partial charge in [0.15, 0.2) is 0 Å². The van der Waals surface area contributed by atoms with Crippen molar-refractivity contribution in [1.82, 2.24) is 9.36 Å². The van der Waals surface area contributed by atoms with Crippen LogP contribution in [-0.2, 0) is 0 Å². The summed E-state index contributed by atoms with van der Waals surface area (Å²) in [7, 11) is 1.54. The Kier molecular flexibility index (Phi) is 4.53. The van der Waals surface area contributed by atoms with Gasteiger partial charge in [0.2, 0.25) is 0 Å². The van der Waals surface area contributed by atoms with E-state index in [1.807, 2.05) is 6.07 Å². The zero-order chi connectivity index (χ0) is 17.9. The molecule has 1 amide bonds. The first kappa shape index (κ1) is 16.5. The van der Waals surface area contributed by atoms with E-state index in [2.05, 4.69) is 14.7 Å². The fourth-order valence-electron chi connectivity index (χ4n) is 2.51. The molecule has 1 aromatic heterocycles. The zero-order valence-corrected chi connectivity index (χ0v) is 15.0. The van der Waals surface area contributed by atoms with E-state index in [1.165, 1.54) is 11.5 Å². The van der Waals surface area contributed by atoms with Crippen LogP contribution in [0.1, 0.15) is 34.9 Å². The third-order valence-corrected chi connectivity index (χ3v) is 4.64. The van der Waals surface area contributed by atoms with Crippen molar-refractivity contribution in [2.24, 2.45) is 0 Å². The fourth-order valence-corrected chi connectivity index (χ4v) is 3.14. The Morgan fingerprint density at radius 3 is 2.65 bits per heavy atom. The van der Waals surface area contributed by atoms with Crippen LogP contribution in [0.2, 0.25) is 0 Å². The number of anilines is 1. The lowest BCUT2D eigenvalue weighted by molar-refractivity contribution is 0.102. The minimum absolute atomic E-state index is 0.227. The first-order chi connectivity index (χ1) is 12.7. The lowest BCUT2D eigenvalue weighted by atomic mass is 10.2. The van der Waals surface area contributed by atoms with Crippen LogP contribution >= 0.6 is 11.5 Å². The van der Waals surface area contributed by atoms with E-state index >= 15 is 0 Å². The first-order valence-electron chi connectivity index (χ1n) is 8.29. The van der Waals surface area contributed by atoms with Crippen molar-refractivity contribution in [2.45, 2.75) is 18.8 Å². The summed E-state index contributed by atoms with van der Waals surface area (Å²) in [5.74, 6) is 2.35. The number of hydrogen-bond acceptors (Lipinski definition) is 6. The number of carbonyl (C=O) groups excluding carboxylic acids is 1. The van der Waals surface area contributed by atoms with Crippen molar-refractivity contribution >= 4 is 23.1 Å². The highest BCUT2D eigenvalue weighted by Crippen LogP contribution is 2.40. The molecule has 0 bridgehead atoms. The van der Waals surface area contributed by atoms with Gasteiger partial charge < -0.3 is 14.8 Å². The van der Waals surface area contributed by atoms with Crippen molar-refractivity contribution in [2.75, 3.05) is 12.4 Å². The highest BCUT2D eigenvalue weighted by Gasteiger charge is 2.28. The Morgan fingerprint density at radius 2 is 1.92 bits per heavy atom. The lowest BCUT2D eigenvalue weighted by Gasteiger charge is -2.09. The van der Waals surface area contributed by atoms with E-state index in [-0.39, 0.29) is 5.91 Å². The molecule has 132 valence electrons. The van der Waals surface area contributed by atoms with Gasteiger partial charge in [0, 0.05) is 23.1 Å². The topological polar surface area (TPSA) is 73.3 Å². The van der Waals surface area contributed by atoms with Gasteiger partial charge in [-0.1, -0.05) is 12.1 Å². The summed E-state index contributed by atoms with van der Waals surface area (Å²) in [5, 5.41) is 3.39. The summed E-state index contributed by atoms with van der Waals surface area (Å²) < 4.78 is 15.3. The summed E-state index contributed by atoms with van der Waals surface area (Å²) in [6.45, 7) is 0. The quantitative estimate of drug-likeness (QED) is 0.696. The first-order valence-corrected chi connectivity index (χ1v) is 9.06. The van der Waals surface area contributed by atoms with E-state index in [9.17, 15) is 4.79 Å². The average Bonchev–Trinajstić information content (AvgIpc) is 3.42. The van der Waals surface area contributed by atoms with Crippen LogP contribution in [0.25, 0.3) is 0 Å². The number of nitrogens with zero attached hydrogens (tertiary/aromatic N) is 2. The molecule has 1 saturated carbocycles. The summed E-state index contributed by atoms with van der Waals surface area (Å²) in [6, 6.07) is 14.2. The third kappa shape index (κ3) is 3.67. The molecule has 6 nitrogen and oxygen atoms in total. The summed E-state index contributed by atoms with van der Waals surface area (Å²) in [5.41, 5.74) is 1.15. The molecule has 0 saturated heterocycles. The van der Waals surface area contributed by atoms with Crippen LogP contribution in [0.3, 0.4) is 0 Å². The highest BCUT2D eigenvalue weighted by atomic mass is 32.1. The largest absolute Gasteiger partial charge is 0.496 e. The van der Waals surface area contributed by atoms with Crippen LogP contribution in [-0.4, -0.2) is 22.4 Å². The SMILES string of the molecule is COc1ccccc1C(=O)Nc1ccc(Oc2nc(C3CC3)ns2)cc1. The highest BCUT2D eigenvalue weighted by molar-refractivity contribution is 7.07. The molecule has 7 heteroatoms. The van der Waals surface area contributed by atoms with E-state index in [1.54, 1.807) is 49.6 Å². The number of nitrogens with one attached hydrogen (secondary N) is 1. The van der Waals surface area contributed by atoms with Gasteiger partial charge in [0.25, 0.3) is 11.1 Å². The fraction of sp³-hybridized carbons (Fsp3) is 0.211. The number of benzene rings is 2. The maximum absolute atomic E-state index is 12.4. The minimum atomic E-state index is -0.227. The van der Waals surface area contributed by atoms with Crippen LogP contribution in [0, 0.1) is 0 Å². The molecule has 0 radical (unpaired) electrons. The van der Waals surface area contributed by atoms with Crippen molar-refractivity contribution in [1.29, 1.82) is 0 Å². The Bertz CT molecular complexity index is 920. The number of carbonyl (C=O) groups is 1. The molecule has 0 unspecified atom stereocenters. The summed E-state index contributed by atoms with van der Waals surface area (Å²) in [6.07, 6.45) is 2.33. The third-order valence-electron chi connectivity index (χ3n) is 4.03. The molecular weight excluding hydrogens is 350 g/mol. The lowest BCUT2D eigenvalue weighted by Crippen LogP contribution is -2.12. The molecule has 1 heterocycles. The molecule has 1 aliphatic carbocycles. The Balaban J connectivity index is 1.41. The van der Waals surface area contributed by atoms with E-state index in [0.29, 0.717) is 33.9 Å². The minimum Gasteiger partial charge on any atom is -0.496 e. The van der Waals surface area contributed by atoms with Crippen LogP contribution in [0.15, 0.2) is 48.5 Å². The van der Waals surface area contributed by atoms with Gasteiger partial charge in [0.05, 0.1) is 12.7 Å². The number of para-hydroxylation sites is 1. The van der Waals surface area contributed by atoms with Gasteiger partial charge in [-0.2, -0.15) is 9.36 Å². The van der Waals surface area contributed by atoms with Crippen molar-refractivity contribution in [3.63, 3.8) is 0 Å². The molecule has 1 fully saturated rings. The van der Waals surface area contributed by atoms with Crippen LogP contribution in [0.4, 0.5) is 5.69 Å². The average molecular weight is 367 g/mol. The summed E-state index contributed by atoms with van der Waals surface area (Å²) in [4.78, 5) is 16.8. The smallest absolute Gasteiger partial charge is 0.298 e. The Hall–Kier alpha value is -2.93. The summed E-state index contributed by atoms with van der Waals surface area (Å²) >= 11 is 1.26. The maximum atomic E-state index is 12.4. The number of methoxy groups -OCH3 is 1. The predicted molar refractivity (Wildman–Crippen MR) is 99.3 cm³/mol. The van der Waals surface area contributed by atoms with Crippen molar-refractivity contribution < 1.29 is 14.3 Å². The van der Waals surface area contributed by atoms with Gasteiger partial charge in [0.1, 0.15) is 17.3 Å². The molecule has 0 spiro atoms. The van der Waals surface area contributed by atoms with Crippen LogP contribution < -0.4 is 14.8 Å². The molecule has 1 aliphatic rings. The van der Waals surface area contributed by atoms with Gasteiger partial charge in [-0.15, -0.1) is 0 Å². The maximum Gasteiger partial charge on any atom is 0.298 e. The monoisotopic (exact) mass is 367 g/mol. The molecule has 0 aliphatic heterocycles. The second kappa shape index (κ2) is 7.13. The standard InChI is InChI=1S/C19H17N3O3S/c1-24-16-5-3-2-4-15(16)18(23)20-13-8-10-14(11-9-13)25-19-21-17(22-26-19)12-6-7-12/h2-5,8-12H,6-7H2,1H3,(H,20,23). The molecular formula is C19H17N3O3S. The number of amides is 1. The van der Waals surface area contributed by atoms with Gasteiger partial charge >= 0.3 is 0 Å². The number of ether oxygens (including phenoxy) is 2. The molecule has 26 heavy (non-hydrogen) atoms.